The Morgan fingerprint density at radius 3 is 2.32 bits per heavy atom. The van der Waals surface area contributed by atoms with E-state index in [-0.39, 0.29) is 17.3 Å². The first-order valence-electron chi connectivity index (χ1n) is 11.6. The van der Waals surface area contributed by atoms with Gasteiger partial charge in [0.25, 0.3) is 5.91 Å². The van der Waals surface area contributed by atoms with Crippen LogP contribution < -0.4 is 16.1 Å². The summed E-state index contributed by atoms with van der Waals surface area (Å²) >= 11 is 1.45. The molecule has 11 heteroatoms. The second-order valence-corrected chi connectivity index (χ2v) is 9.61. The molecule has 0 unspecified atom stereocenters. The number of carbonyl (C=O) groups is 2. The molecule has 4 aromatic rings. The number of rotatable bonds is 6. The fourth-order valence-corrected chi connectivity index (χ4v) is 5.23. The van der Waals surface area contributed by atoms with E-state index in [4.69, 9.17) is 11.1 Å². The van der Waals surface area contributed by atoms with Crippen LogP contribution in [-0.4, -0.2) is 63.4 Å². The van der Waals surface area contributed by atoms with Crippen LogP contribution in [0.25, 0.3) is 10.9 Å². The van der Waals surface area contributed by atoms with Crippen molar-refractivity contribution in [3.63, 3.8) is 0 Å². The average Bonchev–Trinajstić information content (AvgIpc) is 3.43. The SMILES string of the molecule is N=C(N)c1ccc(C(=O)N2CCN(c3c(C(=O)O)c(=O)c4ccccc4n3Cc3nccs3)CC2)cc1. The van der Waals surface area contributed by atoms with E-state index in [1.165, 1.54) is 11.3 Å². The second kappa shape index (κ2) is 9.86. The van der Waals surface area contributed by atoms with E-state index < -0.39 is 11.4 Å². The van der Waals surface area contributed by atoms with E-state index in [1.54, 1.807) is 47.5 Å². The van der Waals surface area contributed by atoms with Crippen molar-refractivity contribution in [2.45, 2.75) is 6.54 Å². The third-order valence-electron chi connectivity index (χ3n) is 6.45. The molecule has 1 amide bonds. The molecule has 1 fully saturated rings. The molecule has 2 aromatic carbocycles. The smallest absolute Gasteiger partial charge is 0.343 e. The van der Waals surface area contributed by atoms with Gasteiger partial charge in [-0.1, -0.05) is 24.3 Å². The van der Waals surface area contributed by atoms with Crippen LogP contribution in [0.5, 0.6) is 0 Å². The first-order valence-corrected chi connectivity index (χ1v) is 12.5. The first-order chi connectivity index (χ1) is 17.8. The lowest BCUT2D eigenvalue weighted by atomic mass is 10.1. The van der Waals surface area contributed by atoms with Gasteiger partial charge in [-0.25, -0.2) is 9.78 Å². The van der Waals surface area contributed by atoms with Crippen LogP contribution in [0.4, 0.5) is 5.82 Å². The highest BCUT2D eigenvalue weighted by molar-refractivity contribution is 7.09. The zero-order valence-electron chi connectivity index (χ0n) is 19.8. The third-order valence-corrected chi connectivity index (χ3v) is 7.21. The van der Waals surface area contributed by atoms with Gasteiger partial charge in [0.15, 0.2) is 0 Å². The molecule has 37 heavy (non-hydrogen) atoms. The van der Waals surface area contributed by atoms with Gasteiger partial charge in [-0.05, 0) is 24.3 Å². The zero-order chi connectivity index (χ0) is 26.1. The number of pyridine rings is 1. The van der Waals surface area contributed by atoms with Crippen LogP contribution in [-0.2, 0) is 6.54 Å². The Balaban J connectivity index is 1.49. The summed E-state index contributed by atoms with van der Waals surface area (Å²) in [5, 5.41) is 20.6. The number of aromatic nitrogens is 2. The average molecular weight is 517 g/mol. The van der Waals surface area contributed by atoms with Crippen molar-refractivity contribution in [1.82, 2.24) is 14.5 Å². The number of nitrogen functional groups attached to an aromatic ring is 1. The number of nitrogens with one attached hydrogen (secondary N) is 1. The molecule has 0 aliphatic carbocycles. The molecule has 0 atom stereocenters. The fourth-order valence-electron chi connectivity index (χ4n) is 4.63. The number of thiazole rings is 1. The summed E-state index contributed by atoms with van der Waals surface area (Å²) in [6, 6.07) is 13.5. The second-order valence-electron chi connectivity index (χ2n) is 8.63. The standard InChI is InChI=1S/C26H24N6O4S/c27-23(28)16-5-7-17(8-6-16)25(34)31-12-10-30(11-13-31)24-21(26(35)36)22(33)18-3-1-2-4-19(18)32(24)15-20-29-9-14-37-20/h1-9,14H,10-13,15H2,(H3,27,28)(H,35,36). The number of anilines is 1. The third kappa shape index (κ3) is 4.56. The molecular formula is C26H24N6O4S. The first kappa shape index (κ1) is 24.2. The minimum absolute atomic E-state index is 0.0685. The number of aromatic carboxylic acids is 1. The van der Waals surface area contributed by atoms with Crippen molar-refractivity contribution in [2.75, 3.05) is 31.1 Å². The predicted octanol–water partition coefficient (Wildman–Crippen LogP) is 2.45. The number of carboxylic acids is 1. The van der Waals surface area contributed by atoms with E-state index in [0.29, 0.717) is 60.6 Å². The molecule has 1 aliphatic heterocycles. The molecule has 1 aliphatic rings. The number of carbonyl (C=O) groups excluding carboxylic acids is 1. The molecule has 4 N–H and O–H groups in total. The van der Waals surface area contributed by atoms with Gasteiger partial charge in [0, 0.05) is 54.3 Å². The van der Waals surface area contributed by atoms with E-state index in [9.17, 15) is 19.5 Å². The van der Waals surface area contributed by atoms with Crippen molar-refractivity contribution in [1.29, 1.82) is 5.41 Å². The van der Waals surface area contributed by atoms with Gasteiger partial charge in [-0.15, -0.1) is 11.3 Å². The molecule has 0 spiro atoms. The lowest BCUT2D eigenvalue weighted by Crippen LogP contribution is -2.50. The van der Waals surface area contributed by atoms with Crippen molar-refractivity contribution >= 4 is 45.8 Å². The van der Waals surface area contributed by atoms with Gasteiger partial charge >= 0.3 is 5.97 Å². The summed E-state index contributed by atoms with van der Waals surface area (Å²) < 4.78 is 1.84. The van der Waals surface area contributed by atoms with E-state index in [0.717, 1.165) is 5.01 Å². The molecule has 188 valence electrons. The number of nitrogens with two attached hydrogens (primary N) is 1. The molecule has 5 rings (SSSR count). The van der Waals surface area contributed by atoms with Crippen molar-refractivity contribution in [3.8, 4) is 0 Å². The van der Waals surface area contributed by atoms with Gasteiger partial charge in [-0.2, -0.15) is 0 Å². The highest BCUT2D eigenvalue weighted by Crippen LogP contribution is 2.27. The van der Waals surface area contributed by atoms with Crippen LogP contribution in [0.2, 0.25) is 0 Å². The van der Waals surface area contributed by atoms with Crippen LogP contribution in [0.1, 0.15) is 31.3 Å². The lowest BCUT2D eigenvalue weighted by Gasteiger charge is -2.38. The van der Waals surface area contributed by atoms with Gasteiger partial charge in [0.1, 0.15) is 22.2 Å². The number of fused-ring (bicyclic) bond motifs is 1. The van der Waals surface area contributed by atoms with Crippen molar-refractivity contribution in [2.24, 2.45) is 5.73 Å². The minimum Gasteiger partial charge on any atom is -0.477 e. The normalized spacial score (nSPS) is 13.6. The number of amides is 1. The fraction of sp³-hybridized carbons (Fsp3) is 0.192. The maximum absolute atomic E-state index is 13.3. The Morgan fingerprint density at radius 1 is 1.03 bits per heavy atom. The van der Waals surface area contributed by atoms with E-state index in [2.05, 4.69) is 4.98 Å². The Bertz CT molecular complexity index is 1550. The summed E-state index contributed by atoms with van der Waals surface area (Å²) in [7, 11) is 0. The number of piperazine rings is 1. The van der Waals surface area contributed by atoms with Gasteiger partial charge in [-0.3, -0.25) is 15.0 Å². The molecule has 10 nitrogen and oxygen atoms in total. The molecule has 0 saturated carbocycles. The Morgan fingerprint density at radius 2 is 1.70 bits per heavy atom. The number of para-hydroxylation sites is 1. The van der Waals surface area contributed by atoms with Gasteiger partial charge in [0.2, 0.25) is 5.43 Å². The summed E-state index contributed by atoms with van der Waals surface area (Å²) in [5.41, 5.74) is 6.34. The Hall–Kier alpha value is -4.51. The molecule has 2 aromatic heterocycles. The monoisotopic (exact) mass is 516 g/mol. The number of benzene rings is 2. The van der Waals surface area contributed by atoms with Crippen LogP contribution in [0, 0.1) is 5.41 Å². The number of amidine groups is 1. The Kier molecular flexibility index (Phi) is 6.45. The summed E-state index contributed by atoms with van der Waals surface area (Å²) in [6.45, 7) is 1.73. The topological polar surface area (TPSA) is 146 Å². The van der Waals surface area contributed by atoms with Crippen molar-refractivity contribution < 1.29 is 14.7 Å². The molecular weight excluding hydrogens is 492 g/mol. The number of nitrogens with zero attached hydrogens (tertiary/aromatic N) is 4. The summed E-state index contributed by atoms with van der Waals surface area (Å²) in [6.07, 6.45) is 1.69. The predicted molar refractivity (Wildman–Crippen MR) is 142 cm³/mol. The maximum atomic E-state index is 13.3. The molecule has 0 bridgehead atoms. The quantitative estimate of drug-likeness (QED) is 0.264. The highest BCUT2D eigenvalue weighted by atomic mass is 32.1. The van der Waals surface area contributed by atoms with Gasteiger partial charge < -0.3 is 25.2 Å². The molecule has 1 saturated heterocycles. The number of hydrogen-bond acceptors (Lipinski definition) is 7. The largest absolute Gasteiger partial charge is 0.477 e. The van der Waals surface area contributed by atoms with Gasteiger partial charge in [0.05, 0.1) is 12.1 Å². The number of hydrogen-bond donors (Lipinski definition) is 3. The minimum atomic E-state index is -1.29. The van der Waals surface area contributed by atoms with Crippen LogP contribution in [0.15, 0.2) is 64.9 Å². The zero-order valence-corrected chi connectivity index (χ0v) is 20.6. The Labute approximate surface area is 215 Å². The number of carboxylic acid groups (broad SMARTS) is 1. The summed E-state index contributed by atoms with van der Waals surface area (Å²) in [5.74, 6) is -1.19. The highest BCUT2D eigenvalue weighted by Gasteiger charge is 2.30. The van der Waals surface area contributed by atoms with E-state index >= 15 is 0 Å². The maximum Gasteiger partial charge on any atom is 0.343 e. The lowest BCUT2D eigenvalue weighted by molar-refractivity contribution is 0.0690. The van der Waals surface area contributed by atoms with Crippen LogP contribution >= 0.6 is 11.3 Å². The van der Waals surface area contributed by atoms with Crippen LogP contribution in [0.3, 0.4) is 0 Å². The molecule has 3 heterocycles. The molecule has 0 radical (unpaired) electrons. The van der Waals surface area contributed by atoms with Crippen molar-refractivity contribution in [3.05, 3.63) is 92.0 Å². The summed E-state index contributed by atoms with van der Waals surface area (Å²) in [4.78, 5) is 46.7. The van der Waals surface area contributed by atoms with E-state index in [1.807, 2.05) is 27.0 Å².